The summed E-state index contributed by atoms with van der Waals surface area (Å²) >= 11 is 6.05. The van der Waals surface area contributed by atoms with E-state index in [1.807, 2.05) is 45.0 Å². The first-order chi connectivity index (χ1) is 9.43. The molecule has 0 fully saturated rings. The molecule has 0 saturated heterocycles. The predicted molar refractivity (Wildman–Crippen MR) is 81.2 cm³/mol. The van der Waals surface area contributed by atoms with E-state index in [4.69, 9.17) is 17.4 Å². The van der Waals surface area contributed by atoms with Crippen LogP contribution in [0.15, 0.2) is 30.3 Å². The summed E-state index contributed by atoms with van der Waals surface area (Å²) in [6.07, 6.45) is 0. The van der Waals surface area contributed by atoms with E-state index in [1.54, 1.807) is 0 Å². The highest BCUT2D eigenvalue weighted by Crippen LogP contribution is 2.31. The summed E-state index contributed by atoms with van der Waals surface area (Å²) < 4.78 is 14.3. The van der Waals surface area contributed by atoms with Gasteiger partial charge in [0.25, 0.3) is 0 Å². The molecule has 1 unspecified atom stereocenters. The van der Waals surface area contributed by atoms with Crippen molar-refractivity contribution in [2.24, 2.45) is 5.84 Å². The molecule has 0 aliphatic carbocycles. The molecule has 2 aromatic carbocycles. The molecule has 1 atom stereocenters. The van der Waals surface area contributed by atoms with Crippen LogP contribution in [0, 0.1) is 26.6 Å². The van der Waals surface area contributed by atoms with Crippen LogP contribution in [0.3, 0.4) is 0 Å². The topological polar surface area (TPSA) is 38.0 Å². The van der Waals surface area contributed by atoms with Crippen molar-refractivity contribution in [3.63, 3.8) is 0 Å². The molecule has 0 bridgehead atoms. The van der Waals surface area contributed by atoms with E-state index in [0.717, 1.165) is 22.3 Å². The molecule has 0 spiro atoms. The molecule has 106 valence electrons. The van der Waals surface area contributed by atoms with Crippen molar-refractivity contribution in [2.45, 2.75) is 26.8 Å². The molecule has 0 radical (unpaired) electrons. The Morgan fingerprint density at radius 1 is 1.10 bits per heavy atom. The number of benzene rings is 2. The van der Waals surface area contributed by atoms with Gasteiger partial charge in [0, 0.05) is 10.6 Å². The van der Waals surface area contributed by atoms with E-state index >= 15 is 0 Å². The zero-order valence-corrected chi connectivity index (χ0v) is 12.6. The first-order valence-corrected chi connectivity index (χ1v) is 6.80. The van der Waals surface area contributed by atoms with Crippen LogP contribution in [0.1, 0.15) is 33.9 Å². The van der Waals surface area contributed by atoms with Crippen molar-refractivity contribution in [3.8, 4) is 0 Å². The van der Waals surface area contributed by atoms with Crippen molar-refractivity contribution in [1.29, 1.82) is 0 Å². The van der Waals surface area contributed by atoms with Crippen LogP contribution >= 0.6 is 11.6 Å². The summed E-state index contributed by atoms with van der Waals surface area (Å²) in [4.78, 5) is 0. The molecule has 0 aromatic heterocycles. The van der Waals surface area contributed by atoms with Gasteiger partial charge in [0.2, 0.25) is 0 Å². The lowest BCUT2D eigenvalue weighted by molar-refractivity contribution is 0.555. The summed E-state index contributed by atoms with van der Waals surface area (Å²) in [5.74, 6) is 5.41. The van der Waals surface area contributed by atoms with Gasteiger partial charge in [0.15, 0.2) is 0 Å². The van der Waals surface area contributed by atoms with E-state index in [0.29, 0.717) is 10.6 Å². The first-order valence-electron chi connectivity index (χ1n) is 6.43. The van der Waals surface area contributed by atoms with Gasteiger partial charge >= 0.3 is 0 Å². The fourth-order valence-electron chi connectivity index (χ4n) is 2.54. The van der Waals surface area contributed by atoms with Crippen LogP contribution in [-0.2, 0) is 0 Å². The van der Waals surface area contributed by atoms with Crippen molar-refractivity contribution in [3.05, 3.63) is 69.0 Å². The highest BCUT2D eigenvalue weighted by molar-refractivity contribution is 6.30. The molecule has 2 nitrogen and oxygen atoms in total. The number of hydrogen-bond acceptors (Lipinski definition) is 2. The summed E-state index contributed by atoms with van der Waals surface area (Å²) in [6, 6.07) is 8.58. The Labute approximate surface area is 123 Å². The first kappa shape index (κ1) is 15.0. The van der Waals surface area contributed by atoms with E-state index < -0.39 is 6.04 Å². The summed E-state index contributed by atoms with van der Waals surface area (Å²) in [7, 11) is 0. The van der Waals surface area contributed by atoms with E-state index in [2.05, 4.69) is 5.43 Å². The standard InChI is InChI=1S/C16H18ClFN2/c1-9-6-11(3)15(14(18)7-9)16(20-19)13-8-12(17)5-4-10(13)2/h4-8,16,20H,19H2,1-3H3. The van der Waals surface area contributed by atoms with Gasteiger partial charge in [0.05, 0.1) is 6.04 Å². The molecule has 0 aliphatic heterocycles. The number of rotatable bonds is 3. The summed E-state index contributed by atoms with van der Waals surface area (Å²) in [6.45, 7) is 5.71. The van der Waals surface area contributed by atoms with Crippen LogP contribution in [0.4, 0.5) is 4.39 Å². The molecule has 0 amide bonds. The van der Waals surface area contributed by atoms with Gasteiger partial charge in [-0.15, -0.1) is 0 Å². The Bertz CT molecular complexity index is 617. The van der Waals surface area contributed by atoms with Crippen molar-refractivity contribution < 1.29 is 4.39 Å². The van der Waals surface area contributed by atoms with Gasteiger partial charge in [-0.25, -0.2) is 9.82 Å². The number of nitrogens with one attached hydrogen (secondary N) is 1. The van der Waals surface area contributed by atoms with E-state index in [1.165, 1.54) is 6.07 Å². The molecule has 3 N–H and O–H groups in total. The second-order valence-corrected chi connectivity index (χ2v) is 5.51. The highest BCUT2D eigenvalue weighted by Gasteiger charge is 2.21. The zero-order valence-electron chi connectivity index (χ0n) is 11.8. The molecule has 4 heteroatoms. The third-order valence-electron chi connectivity index (χ3n) is 3.49. The Morgan fingerprint density at radius 2 is 1.80 bits per heavy atom. The van der Waals surface area contributed by atoms with Gasteiger partial charge in [0.1, 0.15) is 5.82 Å². The maximum atomic E-state index is 14.3. The van der Waals surface area contributed by atoms with Gasteiger partial charge in [-0.1, -0.05) is 23.7 Å². The highest BCUT2D eigenvalue weighted by atomic mass is 35.5. The number of nitrogens with two attached hydrogens (primary N) is 1. The molecule has 0 aliphatic rings. The largest absolute Gasteiger partial charge is 0.271 e. The lowest BCUT2D eigenvalue weighted by Crippen LogP contribution is -2.30. The van der Waals surface area contributed by atoms with E-state index in [9.17, 15) is 4.39 Å². The number of halogens is 2. The van der Waals surface area contributed by atoms with Crippen LogP contribution in [0.25, 0.3) is 0 Å². The Hall–Kier alpha value is -1.42. The number of aryl methyl sites for hydroxylation is 3. The minimum absolute atomic E-state index is 0.259. The van der Waals surface area contributed by atoms with Crippen molar-refractivity contribution in [1.82, 2.24) is 5.43 Å². The monoisotopic (exact) mass is 292 g/mol. The van der Waals surface area contributed by atoms with Gasteiger partial charge < -0.3 is 0 Å². The third-order valence-corrected chi connectivity index (χ3v) is 3.72. The van der Waals surface area contributed by atoms with Crippen LogP contribution < -0.4 is 11.3 Å². The second-order valence-electron chi connectivity index (χ2n) is 5.08. The van der Waals surface area contributed by atoms with Crippen LogP contribution in [0.5, 0.6) is 0 Å². The minimum Gasteiger partial charge on any atom is -0.271 e. The number of hydrazine groups is 1. The quantitative estimate of drug-likeness (QED) is 0.664. The van der Waals surface area contributed by atoms with E-state index in [-0.39, 0.29) is 5.82 Å². The van der Waals surface area contributed by atoms with Crippen LogP contribution in [0.2, 0.25) is 5.02 Å². The molecule has 2 aromatic rings. The maximum absolute atomic E-state index is 14.3. The zero-order chi connectivity index (χ0) is 14.9. The molecular weight excluding hydrogens is 275 g/mol. The van der Waals surface area contributed by atoms with Gasteiger partial charge in [-0.2, -0.15) is 0 Å². The van der Waals surface area contributed by atoms with Crippen molar-refractivity contribution in [2.75, 3.05) is 0 Å². The average molecular weight is 293 g/mol. The molecule has 2 rings (SSSR count). The maximum Gasteiger partial charge on any atom is 0.128 e. The summed E-state index contributed by atoms with van der Waals surface area (Å²) in [5.41, 5.74) is 6.91. The number of hydrogen-bond donors (Lipinski definition) is 2. The fraction of sp³-hybridized carbons (Fsp3) is 0.250. The Kier molecular flexibility index (Phi) is 4.43. The molecule has 20 heavy (non-hydrogen) atoms. The molecule has 0 heterocycles. The van der Waals surface area contributed by atoms with Gasteiger partial charge in [-0.3, -0.25) is 5.84 Å². The minimum atomic E-state index is -0.422. The van der Waals surface area contributed by atoms with Gasteiger partial charge in [-0.05, 0) is 61.2 Å². The molecular formula is C16H18ClFN2. The normalized spacial score (nSPS) is 12.5. The Morgan fingerprint density at radius 3 is 2.40 bits per heavy atom. The SMILES string of the molecule is Cc1cc(C)c(C(NN)c2cc(Cl)ccc2C)c(F)c1. The predicted octanol–water partition coefficient (Wildman–Crippen LogP) is 3.96. The second kappa shape index (κ2) is 5.92. The Balaban J connectivity index is 2.61. The third kappa shape index (κ3) is 2.85. The molecule has 0 saturated carbocycles. The lowest BCUT2D eigenvalue weighted by atomic mass is 9.91. The van der Waals surface area contributed by atoms with Crippen LogP contribution in [-0.4, -0.2) is 0 Å². The van der Waals surface area contributed by atoms with Crippen molar-refractivity contribution >= 4 is 11.6 Å². The lowest BCUT2D eigenvalue weighted by Gasteiger charge is -2.22. The smallest absolute Gasteiger partial charge is 0.128 e. The average Bonchev–Trinajstić information content (AvgIpc) is 2.37. The summed E-state index contributed by atoms with van der Waals surface area (Å²) in [5, 5.41) is 0.607. The fourth-order valence-corrected chi connectivity index (χ4v) is 2.72.